The molecule has 1 aromatic carbocycles. The summed E-state index contributed by atoms with van der Waals surface area (Å²) in [6.07, 6.45) is 6.63. The zero-order valence-electron chi connectivity index (χ0n) is 17.4. The van der Waals surface area contributed by atoms with Crippen LogP contribution in [-0.2, 0) is 12.8 Å². The fraction of sp³-hybridized carbons (Fsp3) is 0.273. The van der Waals surface area contributed by atoms with Gasteiger partial charge >= 0.3 is 6.03 Å². The van der Waals surface area contributed by atoms with E-state index in [9.17, 15) is 4.79 Å². The number of hydrogen-bond donors (Lipinski definition) is 4. The first-order valence-corrected chi connectivity index (χ1v) is 10.9. The number of urea groups is 1. The predicted octanol–water partition coefficient (Wildman–Crippen LogP) is 3.55. The quantitative estimate of drug-likeness (QED) is 0.449. The van der Waals surface area contributed by atoms with E-state index in [4.69, 9.17) is 11.6 Å². The number of piperazine rings is 1. The molecule has 32 heavy (non-hydrogen) atoms. The second kappa shape index (κ2) is 8.97. The molecule has 3 aromatic rings. The van der Waals surface area contributed by atoms with Gasteiger partial charge in [0.05, 0.1) is 18.1 Å². The first-order chi connectivity index (χ1) is 15.6. The van der Waals surface area contributed by atoms with Gasteiger partial charge in [0, 0.05) is 43.8 Å². The van der Waals surface area contributed by atoms with Crippen LogP contribution in [0.4, 0.5) is 33.6 Å². The summed E-state index contributed by atoms with van der Waals surface area (Å²) in [4.78, 5) is 27.7. The largest absolute Gasteiger partial charge is 0.339 e. The van der Waals surface area contributed by atoms with Crippen molar-refractivity contribution in [2.24, 2.45) is 0 Å². The van der Waals surface area contributed by atoms with Crippen LogP contribution in [-0.4, -0.2) is 52.1 Å². The van der Waals surface area contributed by atoms with Crippen LogP contribution in [0.3, 0.4) is 0 Å². The molecule has 0 spiro atoms. The topological polar surface area (TPSA) is 107 Å². The molecule has 6 bridgehead atoms. The third kappa shape index (κ3) is 4.58. The van der Waals surface area contributed by atoms with Crippen molar-refractivity contribution >= 4 is 46.5 Å². The van der Waals surface area contributed by atoms with Gasteiger partial charge in [-0.15, -0.1) is 0 Å². The van der Waals surface area contributed by atoms with Crippen molar-refractivity contribution in [3.63, 3.8) is 0 Å². The molecule has 0 aliphatic carbocycles. The molecule has 0 saturated carbocycles. The summed E-state index contributed by atoms with van der Waals surface area (Å²) in [5, 5.41) is 13.2. The van der Waals surface area contributed by atoms with Crippen LogP contribution in [0.2, 0.25) is 5.02 Å². The van der Waals surface area contributed by atoms with E-state index in [1.165, 1.54) is 0 Å². The molecule has 1 fully saturated rings. The molecule has 4 heterocycles. The third-order valence-corrected chi connectivity index (χ3v) is 5.77. The second-order valence-electron chi connectivity index (χ2n) is 7.76. The van der Waals surface area contributed by atoms with Crippen molar-refractivity contribution < 1.29 is 4.79 Å². The van der Waals surface area contributed by atoms with E-state index in [0.29, 0.717) is 29.9 Å². The van der Waals surface area contributed by atoms with Crippen LogP contribution in [0.15, 0.2) is 42.9 Å². The predicted molar refractivity (Wildman–Crippen MR) is 125 cm³/mol. The number of nitrogens with zero attached hydrogens (tertiary/aromatic N) is 4. The number of carbonyl (C=O) groups excluding carboxylic acids is 1. The number of pyridine rings is 1. The van der Waals surface area contributed by atoms with Crippen LogP contribution in [0.1, 0.15) is 11.1 Å². The van der Waals surface area contributed by atoms with Crippen molar-refractivity contribution in [3.8, 4) is 0 Å². The Morgan fingerprint density at radius 2 is 1.91 bits per heavy atom. The second-order valence-corrected chi connectivity index (χ2v) is 8.17. The van der Waals surface area contributed by atoms with Crippen molar-refractivity contribution in [2.45, 2.75) is 12.8 Å². The Kier molecular flexibility index (Phi) is 5.74. The molecule has 0 radical (unpaired) electrons. The number of aryl methyl sites for hydroxylation is 2. The molecule has 0 atom stereocenters. The van der Waals surface area contributed by atoms with Gasteiger partial charge in [-0.25, -0.2) is 9.78 Å². The fourth-order valence-corrected chi connectivity index (χ4v) is 3.95. The van der Waals surface area contributed by atoms with Crippen molar-refractivity contribution in [1.29, 1.82) is 0 Å². The maximum Gasteiger partial charge on any atom is 0.321 e. The lowest BCUT2D eigenvalue weighted by molar-refractivity contribution is 0.204. The van der Waals surface area contributed by atoms with Gasteiger partial charge in [-0.2, -0.15) is 4.98 Å². The minimum atomic E-state index is -0.0808. The van der Waals surface area contributed by atoms with Gasteiger partial charge in [-0.3, -0.25) is 4.98 Å². The van der Waals surface area contributed by atoms with E-state index in [-0.39, 0.29) is 6.03 Å². The molecule has 2 amide bonds. The van der Waals surface area contributed by atoms with Gasteiger partial charge in [0.15, 0.2) is 5.82 Å². The van der Waals surface area contributed by atoms with Crippen LogP contribution in [0.5, 0.6) is 0 Å². The van der Waals surface area contributed by atoms with Crippen LogP contribution < -0.4 is 21.3 Å². The summed E-state index contributed by atoms with van der Waals surface area (Å²) >= 11 is 6.32. The molecule has 2 aliphatic heterocycles. The molecule has 2 aliphatic rings. The molecule has 5 rings (SSSR count). The maximum atomic E-state index is 12.8. The SMILES string of the molecule is O=C(Nc1ccc2cc1CCc1cncc(c1)Nc1ncc(Cl)c(n1)N2)N1CCNCC1. The molecule has 0 unspecified atom stereocenters. The molecular weight excluding hydrogens is 428 g/mol. The molecule has 2 aromatic heterocycles. The third-order valence-electron chi connectivity index (χ3n) is 5.49. The van der Waals surface area contributed by atoms with Crippen molar-refractivity contribution in [3.05, 3.63) is 59.0 Å². The Hall–Kier alpha value is -3.43. The first-order valence-electron chi connectivity index (χ1n) is 10.5. The molecule has 4 N–H and O–H groups in total. The monoisotopic (exact) mass is 450 g/mol. The zero-order chi connectivity index (χ0) is 21.9. The molecule has 1 saturated heterocycles. The van der Waals surface area contributed by atoms with Gasteiger partial charge in [-0.05, 0) is 48.2 Å². The number of anilines is 5. The minimum Gasteiger partial charge on any atom is -0.339 e. The lowest BCUT2D eigenvalue weighted by Crippen LogP contribution is -2.48. The van der Waals surface area contributed by atoms with Crippen molar-refractivity contribution in [1.82, 2.24) is 25.2 Å². The highest BCUT2D eigenvalue weighted by molar-refractivity contribution is 6.32. The first kappa shape index (κ1) is 20.5. The number of rotatable bonds is 1. The highest BCUT2D eigenvalue weighted by Crippen LogP contribution is 2.29. The Morgan fingerprint density at radius 3 is 2.78 bits per heavy atom. The highest BCUT2D eigenvalue weighted by atomic mass is 35.5. The zero-order valence-corrected chi connectivity index (χ0v) is 18.1. The smallest absolute Gasteiger partial charge is 0.321 e. The highest BCUT2D eigenvalue weighted by Gasteiger charge is 2.18. The number of halogens is 1. The number of amides is 2. The van der Waals surface area contributed by atoms with E-state index in [1.54, 1.807) is 12.4 Å². The number of carbonyl (C=O) groups is 1. The average Bonchev–Trinajstić information content (AvgIpc) is 2.82. The van der Waals surface area contributed by atoms with Crippen LogP contribution in [0, 0.1) is 0 Å². The summed E-state index contributed by atoms with van der Waals surface area (Å²) in [6, 6.07) is 7.79. The number of fused-ring (bicyclic) bond motifs is 6. The maximum absolute atomic E-state index is 12.8. The summed E-state index contributed by atoms with van der Waals surface area (Å²) < 4.78 is 0. The Morgan fingerprint density at radius 1 is 1.03 bits per heavy atom. The van der Waals surface area contributed by atoms with Gasteiger partial charge in [0.25, 0.3) is 0 Å². The lowest BCUT2D eigenvalue weighted by Gasteiger charge is -2.28. The fourth-order valence-electron chi connectivity index (χ4n) is 3.81. The summed E-state index contributed by atoms with van der Waals surface area (Å²) in [5.41, 5.74) is 4.51. The number of nitrogens with one attached hydrogen (secondary N) is 4. The van der Waals surface area contributed by atoms with Crippen LogP contribution in [0.25, 0.3) is 0 Å². The molecule has 164 valence electrons. The number of hydrogen-bond acceptors (Lipinski definition) is 7. The average molecular weight is 451 g/mol. The number of benzene rings is 1. The van der Waals surface area contributed by atoms with E-state index >= 15 is 0 Å². The molecule has 10 heteroatoms. The molecular formula is C22H23ClN8O. The Balaban J connectivity index is 1.49. The Bertz CT molecular complexity index is 1150. The Labute approximate surface area is 190 Å². The summed E-state index contributed by atoms with van der Waals surface area (Å²) in [6.45, 7) is 3.01. The minimum absolute atomic E-state index is 0.0808. The normalized spacial score (nSPS) is 15.3. The summed E-state index contributed by atoms with van der Waals surface area (Å²) in [5.74, 6) is 0.923. The van der Waals surface area contributed by atoms with Gasteiger partial charge < -0.3 is 26.2 Å². The van der Waals surface area contributed by atoms with Crippen LogP contribution >= 0.6 is 11.6 Å². The van der Waals surface area contributed by atoms with Gasteiger partial charge in [0.2, 0.25) is 5.95 Å². The summed E-state index contributed by atoms with van der Waals surface area (Å²) in [7, 11) is 0. The van der Waals surface area contributed by atoms with Gasteiger partial charge in [0.1, 0.15) is 5.02 Å². The van der Waals surface area contributed by atoms with E-state index in [2.05, 4.69) is 36.2 Å². The van der Waals surface area contributed by atoms with E-state index in [1.807, 2.05) is 35.4 Å². The van der Waals surface area contributed by atoms with E-state index in [0.717, 1.165) is 54.1 Å². The van der Waals surface area contributed by atoms with Crippen molar-refractivity contribution in [2.75, 3.05) is 42.1 Å². The van der Waals surface area contributed by atoms with Gasteiger partial charge in [-0.1, -0.05) is 11.6 Å². The lowest BCUT2D eigenvalue weighted by atomic mass is 10.0. The standard InChI is InChI=1S/C22H23ClN8O/c23-18-13-26-21-28-17-9-14(11-25-12-17)1-2-15-10-16(27-20(18)30-21)3-4-19(15)29-22(32)31-7-5-24-6-8-31/h3-4,9-13,24H,1-2,5-8H2,(H,29,32)(H2,26,27,28,30). The molecule has 9 nitrogen and oxygen atoms in total. The van der Waals surface area contributed by atoms with E-state index < -0.39 is 0 Å². The number of aromatic nitrogens is 3.